The minimum atomic E-state index is -0.862. The molecular formula is C6H15Br2NSi. The molecule has 0 aliphatic carbocycles. The van der Waals surface area contributed by atoms with Crippen LogP contribution >= 0.6 is 30.6 Å². The highest BCUT2D eigenvalue weighted by atomic mass is 79.9. The molecule has 0 saturated carbocycles. The third kappa shape index (κ3) is 4.88. The molecule has 0 heterocycles. The smallest absolute Gasteiger partial charge is 0.257 e. The van der Waals surface area contributed by atoms with E-state index in [4.69, 9.17) is 0 Å². The number of hydrogen-bond acceptors (Lipinski definition) is 1. The minimum absolute atomic E-state index is 0.862. The van der Waals surface area contributed by atoms with Crippen LogP contribution in [0.3, 0.4) is 0 Å². The number of nitrogens with zero attached hydrogens (tertiary/aromatic N) is 1. The van der Waals surface area contributed by atoms with Crippen molar-refractivity contribution in [3.05, 3.63) is 0 Å². The molecule has 0 aromatic carbocycles. The van der Waals surface area contributed by atoms with Gasteiger partial charge in [0.15, 0.2) is 0 Å². The second kappa shape index (κ2) is 6.82. The zero-order valence-electron chi connectivity index (χ0n) is 6.61. The zero-order chi connectivity index (χ0) is 7.98. The summed E-state index contributed by atoms with van der Waals surface area (Å²) in [7, 11) is 0. The summed E-state index contributed by atoms with van der Waals surface area (Å²) in [6, 6.07) is 0. The standard InChI is InChI=1S/C6H15Br2NSi/c1-3-5-9(6-4-2)10(7)8/h10H,3-6H2,1-2H3. The van der Waals surface area contributed by atoms with Crippen molar-refractivity contribution in [1.82, 2.24) is 4.57 Å². The second-order valence-electron chi connectivity index (χ2n) is 2.31. The van der Waals surface area contributed by atoms with Crippen LogP contribution in [0.1, 0.15) is 26.7 Å². The highest BCUT2D eigenvalue weighted by Gasteiger charge is 2.10. The Morgan fingerprint density at radius 1 is 1.10 bits per heavy atom. The van der Waals surface area contributed by atoms with Gasteiger partial charge in [0.25, 0.3) is 6.20 Å². The van der Waals surface area contributed by atoms with E-state index in [1.807, 2.05) is 0 Å². The summed E-state index contributed by atoms with van der Waals surface area (Å²) < 4.78 is 2.50. The Kier molecular flexibility index (Phi) is 7.60. The molecule has 0 atom stereocenters. The summed E-state index contributed by atoms with van der Waals surface area (Å²) in [6.45, 7) is 6.89. The van der Waals surface area contributed by atoms with Gasteiger partial charge in [0.2, 0.25) is 0 Å². The van der Waals surface area contributed by atoms with Crippen LogP contribution in [0.5, 0.6) is 0 Å². The Hall–Kier alpha value is 1.14. The van der Waals surface area contributed by atoms with Gasteiger partial charge in [-0.05, 0) is 25.9 Å². The van der Waals surface area contributed by atoms with Gasteiger partial charge in [-0.25, -0.2) is 0 Å². The lowest BCUT2D eigenvalue weighted by Gasteiger charge is -2.21. The van der Waals surface area contributed by atoms with Crippen molar-refractivity contribution in [3.63, 3.8) is 0 Å². The van der Waals surface area contributed by atoms with Crippen LogP contribution in [0.2, 0.25) is 0 Å². The Morgan fingerprint density at radius 2 is 1.50 bits per heavy atom. The van der Waals surface area contributed by atoms with Gasteiger partial charge < -0.3 is 4.57 Å². The molecule has 62 valence electrons. The maximum Gasteiger partial charge on any atom is 0.257 e. The molecule has 0 N–H and O–H groups in total. The van der Waals surface area contributed by atoms with Crippen LogP contribution in [-0.4, -0.2) is 23.9 Å². The fraction of sp³-hybridized carbons (Fsp3) is 1.00. The molecule has 0 spiro atoms. The van der Waals surface area contributed by atoms with Crippen LogP contribution < -0.4 is 0 Å². The minimum Gasteiger partial charge on any atom is -0.309 e. The van der Waals surface area contributed by atoms with E-state index in [-0.39, 0.29) is 0 Å². The van der Waals surface area contributed by atoms with Crippen LogP contribution in [0.15, 0.2) is 0 Å². The van der Waals surface area contributed by atoms with Gasteiger partial charge in [0.1, 0.15) is 0 Å². The summed E-state index contributed by atoms with van der Waals surface area (Å²) in [4.78, 5) is 0. The molecule has 0 amide bonds. The maximum atomic E-state index is 3.62. The molecule has 10 heavy (non-hydrogen) atoms. The van der Waals surface area contributed by atoms with Crippen LogP contribution in [0, 0.1) is 0 Å². The zero-order valence-corrected chi connectivity index (χ0v) is 10.9. The van der Waals surface area contributed by atoms with E-state index in [0.29, 0.717) is 0 Å². The van der Waals surface area contributed by atoms with Crippen molar-refractivity contribution >= 4 is 36.8 Å². The molecule has 0 aliphatic heterocycles. The largest absolute Gasteiger partial charge is 0.309 e. The first kappa shape index (κ1) is 11.1. The average molecular weight is 289 g/mol. The summed E-state index contributed by atoms with van der Waals surface area (Å²) in [6.07, 6.45) is 1.64. The summed E-state index contributed by atoms with van der Waals surface area (Å²) >= 11 is 7.25. The van der Waals surface area contributed by atoms with Gasteiger partial charge in [-0.2, -0.15) is 0 Å². The van der Waals surface area contributed by atoms with Crippen molar-refractivity contribution < 1.29 is 0 Å². The Morgan fingerprint density at radius 3 is 1.70 bits per heavy atom. The van der Waals surface area contributed by atoms with Crippen molar-refractivity contribution in [2.75, 3.05) is 13.1 Å². The van der Waals surface area contributed by atoms with E-state index in [1.54, 1.807) is 0 Å². The van der Waals surface area contributed by atoms with E-state index in [9.17, 15) is 0 Å². The fourth-order valence-electron chi connectivity index (χ4n) is 0.881. The summed E-state index contributed by atoms with van der Waals surface area (Å²) in [5, 5.41) is 0. The lowest BCUT2D eigenvalue weighted by molar-refractivity contribution is 0.446. The van der Waals surface area contributed by atoms with Crippen molar-refractivity contribution in [2.24, 2.45) is 0 Å². The molecule has 0 saturated heterocycles. The molecular weight excluding hydrogens is 274 g/mol. The lowest BCUT2D eigenvalue weighted by Crippen LogP contribution is -2.32. The number of rotatable bonds is 5. The van der Waals surface area contributed by atoms with Gasteiger partial charge in [-0.1, -0.05) is 44.4 Å². The first-order valence-electron chi connectivity index (χ1n) is 3.74. The molecule has 0 aliphatic rings. The van der Waals surface area contributed by atoms with Crippen molar-refractivity contribution in [3.8, 4) is 0 Å². The molecule has 0 bridgehead atoms. The van der Waals surface area contributed by atoms with E-state index in [0.717, 1.165) is 0 Å². The first-order chi connectivity index (χ1) is 4.72. The molecule has 0 radical (unpaired) electrons. The van der Waals surface area contributed by atoms with Gasteiger partial charge in [-0.15, -0.1) is 0 Å². The van der Waals surface area contributed by atoms with Gasteiger partial charge in [-0.3, -0.25) is 0 Å². The van der Waals surface area contributed by atoms with Crippen LogP contribution in [0.4, 0.5) is 0 Å². The second-order valence-corrected chi connectivity index (χ2v) is 12.5. The predicted octanol–water partition coefficient (Wildman–Crippen LogP) is 2.62. The molecule has 0 aromatic heterocycles. The summed E-state index contributed by atoms with van der Waals surface area (Å²) in [5.41, 5.74) is 0. The van der Waals surface area contributed by atoms with E-state index in [2.05, 4.69) is 49.0 Å². The molecule has 0 unspecified atom stereocenters. The molecule has 0 fully saturated rings. The fourth-order valence-corrected chi connectivity index (χ4v) is 4.25. The SMILES string of the molecule is CCCN(CCC)[SiH](Br)Br. The quantitative estimate of drug-likeness (QED) is 0.555. The van der Waals surface area contributed by atoms with Crippen LogP contribution in [0.25, 0.3) is 0 Å². The van der Waals surface area contributed by atoms with Crippen LogP contribution in [-0.2, 0) is 0 Å². The normalized spacial score (nSPS) is 11.4. The molecule has 1 nitrogen and oxygen atoms in total. The van der Waals surface area contributed by atoms with Crippen molar-refractivity contribution in [2.45, 2.75) is 26.7 Å². The average Bonchev–Trinajstić information content (AvgIpc) is 1.87. The Labute approximate surface area is 81.0 Å². The topological polar surface area (TPSA) is 3.24 Å². The Bertz CT molecular complexity index is 74.1. The predicted molar refractivity (Wildman–Crippen MR) is 57.2 cm³/mol. The molecule has 0 aromatic rings. The third-order valence-electron chi connectivity index (χ3n) is 1.30. The number of hydrogen-bond donors (Lipinski definition) is 0. The highest BCUT2D eigenvalue weighted by molar-refractivity contribution is 9.48. The van der Waals surface area contributed by atoms with Gasteiger partial charge in [0, 0.05) is 0 Å². The van der Waals surface area contributed by atoms with Crippen molar-refractivity contribution in [1.29, 1.82) is 0 Å². The van der Waals surface area contributed by atoms with Gasteiger partial charge in [0.05, 0.1) is 0 Å². The van der Waals surface area contributed by atoms with E-state index in [1.165, 1.54) is 25.9 Å². The van der Waals surface area contributed by atoms with Gasteiger partial charge >= 0.3 is 0 Å². The molecule has 0 rings (SSSR count). The first-order valence-corrected chi connectivity index (χ1v) is 10.6. The maximum absolute atomic E-state index is 3.62. The monoisotopic (exact) mass is 287 g/mol. The third-order valence-corrected chi connectivity index (χ3v) is 5.84. The van der Waals surface area contributed by atoms with E-state index >= 15 is 0 Å². The lowest BCUT2D eigenvalue weighted by atomic mass is 10.4. The Balaban J connectivity index is 3.50. The van der Waals surface area contributed by atoms with E-state index < -0.39 is 6.20 Å². The number of halogens is 2. The molecule has 4 heteroatoms. The summed E-state index contributed by atoms with van der Waals surface area (Å²) in [5.74, 6) is 0. The highest BCUT2D eigenvalue weighted by Crippen LogP contribution is 2.10.